The van der Waals surface area contributed by atoms with Gasteiger partial charge in [0, 0.05) is 11.9 Å². The molecular weight excluding hydrogens is 234 g/mol. The summed E-state index contributed by atoms with van der Waals surface area (Å²) in [5, 5.41) is 4.58. The number of anilines is 1. The molecule has 0 spiro atoms. The maximum Gasteiger partial charge on any atom is 0.137 e. The van der Waals surface area contributed by atoms with Crippen molar-refractivity contribution in [1.29, 1.82) is 0 Å². The predicted octanol–water partition coefficient (Wildman–Crippen LogP) is 4.18. The Kier molecular flexibility index (Phi) is 5.13. The van der Waals surface area contributed by atoms with Crippen LogP contribution >= 0.6 is 0 Å². The molecule has 1 N–H and O–H groups in total. The lowest BCUT2D eigenvalue weighted by Gasteiger charge is -2.09. The van der Waals surface area contributed by atoms with Gasteiger partial charge >= 0.3 is 0 Å². The van der Waals surface area contributed by atoms with Crippen molar-refractivity contribution in [2.75, 3.05) is 11.9 Å². The molecule has 0 saturated carbocycles. The van der Waals surface area contributed by atoms with E-state index in [2.05, 4.69) is 47.3 Å². The highest BCUT2D eigenvalue weighted by Gasteiger charge is 2.03. The first-order valence-corrected chi connectivity index (χ1v) is 7.32. The maximum atomic E-state index is 4.38. The van der Waals surface area contributed by atoms with Gasteiger partial charge in [-0.15, -0.1) is 0 Å². The van der Waals surface area contributed by atoms with Crippen LogP contribution in [0.4, 0.5) is 5.82 Å². The van der Waals surface area contributed by atoms with Crippen LogP contribution < -0.4 is 5.32 Å². The molecule has 0 amide bonds. The number of nitrogens with zero attached hydrogens (tertiary/aromatic N) is 2. The van der Waals surface area contributed by atoms with Gasteiger partial charge in [0.25, 0.3) is 0 Å². The SMILES string of the molecule is CCCCCCNc1ncnc2ccc(CC)cc12. The monoisotopic (exact) mass is 257 g/mol. The average Bonchev–Trinajstić information content (AvgIpc) is 2.46. The number of hydrogen-bond acceptors (Lipinski definition) is 3. The van der Waals surface area contributed by atoms with Gasteiger partial charge in [0.05, 0.1) is 5.52 Å². The van der Waals surface area contributed by atoms with Crippen LogP contribution in [0.5, 0.6) is 0 Å². The standard InChI is InChI=1S/C16H23N3/c1-3-5-6-7-10-17-16-14-11-13(4-2)8-9-15(14)18-12-19-16/h8-9,11-12H,3-7,10H2,1-2H3,(H,17,18,19). The van der Waals surface area contributed by atoms with E-state index in [4.69, 9.17) is 0 Å². The van der Waals surface area contributed by atoms with Crippen molar-refractivity contribution in [3.63, 3.8) is 0 Å². The lowest BCUT2D eigenvalue weighted by atomic mass is 10.1. The van der Waals surface area contributed by atoms with E-state index in [9.17, 15) is 0 Å². The summed E-state index contributed by atoms with van der Waals surface area (Å²) in [5.74, 6) is 0.969. The number of aromatic nitrogens is 2. The summed E-state index contributed by atoms with van der Waals surface area (Å²) in [6, 6.07) is 6.42. The highest BCUT2D eigenvalue weighted by atomic mass is 15.0. The Morgan fingerprint density at radius 2 is 1.95 bits per heavy atom. The third-order valence-corrected chi connectivity index (χ3v) is 3.43. The molecule has 19 heavy (non-hydrogen) atoms. The number of rotatable bonds is 7. The molecule has 0 saturated heterocycles. The van der Waals surface area contributed by atoms with Gasteiger partial charge < -0.3 is 5.32 Å². The van der Waals surface area contributed by atoms with Crippen LogP contribution in [0.2, 0.25) is 0 Å². The molecule has 2 rings (SSSR count). The minimum absolute atomic E-state index is 0.969. The summed E-state index contributed by atoms with van der Waals surface area (Å²) in [7, 11) is 0. The summed E-state index contributed by atoms with van der Waals surface area (Å²) in [6.07, 6.45) is 7.76. The number of nitrogens with one attached hydrogen (secondary N) is 1. The van der Waals surface area contributed by atoms with Crippen molar-refractivity contribution in [2.45, 2.75) is 46.0 Å². The van der Waals surface area contributed by atoms with Crippen LogP contribution in [0.3, 0.4) is 0 Å². The number of hydrogen-bond donors (Lipinski definition) is 1. The fraction of sp³-hybridized carbons (Fsp3) is 0.500. The van der Waals surface area contributed by atoms with E-state index in [-0.39, 0.29) is 0 Å². The Bertz CT molecular complexity index is 522. The molecule has 1 aromatic carbocycles. The van der Waals surface area contributed by atoms with Crippen LogP contribution in [-0.4, -0.2) is 16.5 Å². The number of fused-ring (bicyclic) bond motifs is 1. The van der Waals surface area contributed by atoms with Crippen molar-refractivity contribution in [1.82, 2.24) is 9.97 Å². The number of aryl methyl sites for hydroxylation is 1. The molecule has 0 aliphatic carbocycles. The van der Waals surface area contributed by atoms with Crippen LogP contribution in [0, 0.1) is 0 Å². The zero-order valence-corrected chi connectivity index (χ0v) is 11.9. The van der Waals surface area contributed by atoms with E-state index >= 15 is 0 Å². The van der Waals surface area contributed by atoms with Crippen molar-refractivity contribution in [3.8, 4) is 0 Å². The Morgan fingerprint density at radius 3 is 2.74 bits per heavy atom. The van der Waals surface area contributed by atoms with Gasteiger partial charge in [0.1, 0.15) is 12.1 Å². The minimum Gasteiger partial charge on any atom is -0.369 e. The molecule has 102 valence electrons. The number of unbranched alkanes of at least 4 members (excludes halogenated alkanes) is 3. The van der Waals surface area contributed by atoms with E-state index in [1.807, 2.05) is 0 Å². The fourth-order valence-corrected chi connectivity index (χ4v) is 2.22. The second kappa shape index (κ2) is 7.07. The van der Waals surface area contributed by atoms with E-state index < -0.39 is 0 Å². The Hall–Kier alpha value is -1.64. The molecular formula is C16H23N3. The maximum absolute atomic E-state index is 4.38. The van der Waals surface area contributed by atoms with E-state index in [0.717, 1.165) is 29.7 Å². The minimum atomic E-state index is 0.969. The molecule has 0 unspecified atom stereocenters. The predicted molar refractivity (Wildman–Crippen MR) is 81.5 cm³/mol. The second-order valence-electron chi connectivity index (χ2n) is 4.91. The molecule has 0 radical (unpaired) electrons. The Labute approximate surface area is 115 Å². The highest BCUT2D eigenvalue weighted by molar-refractivity contribution is 5.89. The molecule has 3 nitrogen and oxygen atoms in total. The number of benzene rings is 1. The summed E-state index contributed by atoms with van der Waals surface area (Å²) < 4.78 is 0. The van der Waals surface area contributed by atoms with Crippen molar-refractivity contribution in [2.24, 2.45) is 0 Å². The molecule has 0 aliphatic rings. The second-order valence-corrected chi connectivity index (χ2v) is 4.91. The molecule has 0 bridgehead atoms. The average molecular weight is 257 g/mol. The normalized spacial score (nSPS) is 10.8. The van der Waals surface area contributed by atoms with Gasteiger partial charge in [-0.1, -0.05) is 39.2 Å². The Balaban J connectivity index is 2.08. The van der Waals surface area contributed by atoms with Gasteiger partial charge in [-0.25, -0.2) is 9.97 Å². The first kappa shape index (κ1) is 13.8. The van der Waals surface area contributed by atoms with Crippen LogP contribution in [0.25, 0.3) is 10.9 Å². The van der Waals surface area contributed by atoms with Gasteiger partial charge in [-0.2, -0.15) is 0 Å². The van der Waals surface area contributed by atoms with Crippen molar-refractivity contribution >= 4 is 16.7 Å². The molecule has 3 heteroatoms. The molecule has 0 aliphatic heterocycles. The van der Waals surface area contributed by atoms with E-state index in [0.29, 0.717) is 0 Å². The first-order chi connectivity index (χ1) is 9.35. The van der Waals surface area contributed by atoms with Gasteiger partial charge in [-0.05, 0) is 30.5 Å². The Morgan fingerprint density at radius 1 is 1.05 bits per heavy atom. The summed E-state index contributed by atoms with van der Waals surface area (Å²) in [5.41, 5.74) is 2.35. The van der Waals surface area contributed by atoms with Gasteiger partial charge in [0.15, 0.2) is 0 Å². The summed E-state index contributed by atoms with van der Waals surface area (Å²) in [6.45, 7) is 5.39. The summed E-state index contributed by atoms with van der Waals surface area (Å²) >= 11 is 0. The molecule has 1 aromatic heterocycles. The third-order valence-electron chi connectivity index (χ3n) is 3.43. The molecule has 2 aromatic rings. The lowest BCUT2D eigenvalue weighted by molar-refractivity contribution is 0.684. The quantitative estimate of drug-likeness (QED) is 0.756. The highest BCUT2D eigenvalue weighted by Crippen LogP contribution is 2.21. The molecule has 0 atom stereocenters. The van der Waals surface area contributed by atoms with Crippen molar-refractivity contribution in [3.05, 3.63) is 30.1 Å². The summed E-state index contributed by atoms with van der Waals surface area (Å²) in [4.78, 5) is 8.70. The third kappa shape index (κ3) is 3.66. The van der Waals surface area contributed by atoms with Crippen LogP contribution in [-0.2, 0) is 6.42 Å². The van der Waals surface area contributed by atoms with Gasteiger partial charge in [0.2, 0.25) is 0 Å². The topological polar surface area (TPSA) is 37.8 Å². The van der Waals surface area contributed by atoms with Gasteiger partial charge in [-0.3, -0.25) is 0 Å². The largest absolute Gasteiger partial charge is 0.369 e. The van der Waals surface area contributed by atoms with E-state index in [1.165, 1.54) is 31.2 Å². The fourth-order valence-electron chi connectivity index (χ4n) is 2.22. The van der Waals surface area contributed by atoms with Crippen molar-refractivity contribution < 1.29 is 0 Å². The zero-order chi connectivity index (χ0) is 13.5. The first-order valence-electron chi connectivity index (χ1n) is 7.32. The smallest absolute Gasteiger partial charge is 0.137 e. The van der Waals surface area contributed by atoms with E-state index in [1.54, 1.807) is 6.33 Å². The van der Waals surface area contributed by atoms with Crippen LogP contribution in [0.15, 0.2) is 24.5 Å². The van der Waals surface area contributed by atoms with Crippen LogP contribution in [0.1, 0.15) is 45.1 Å². The lowest BCUT2D eigenvalue weighted by Crippen LogP contribution is -2.04. The molecule has 0 fully saturated rings. The molecule has 1 heterocycles. The zero-order valence-electron chi connectivity index (χ0n) is 11.9.